The Morgan fingerprint density at radius 2 is 1.61 bits per heavy atom. The standard InChI is InChI=1S/C23H22N2O6/c1-11-17(22(27)29-4)19(18(12(2)24-11)23(28)30-5)14-10-15(26)21-20(25(14)3)13-8-6-7-9-16(13)31-21/h6-10,19,24H,1-5H3. The Morgan fingerprint density at radius 3 is 2.19 bits per heavy atom. The molecule has 8 heteroatoms. The minimum Gasteiger partial charge on any atom is -0.466 e. The van der Waals surface area contributed by atoms with Gasteiger partial charge in [0.05, 0.1) is 36.8 Å². The highest BCUT2D eigenvalue weighted by Crippen LogP contribution is 2.40. The molecule has 8 nitrogen and oxygen atoms in total. The third kappa shape index (κ3) is 3.02. The van der Waals surface area contributed by atoms with Gasteiger partial charge in [-0.2, -0.15) is 0 Å². The Labute approximate surface area is 177 Å². The number of allylic oxidation sites excluding steroid dienone is 2. The topological polar surface area (TPSA) is 99.8 Å². The van der Waals surface area contributed by atoms with Crippen molar-refractivity contribution in [3.8, 4) is 0 Å². The van der Waals surface area contributed by atoms with Gasteiger partial charge in [-0.1, -0.05) is 12.1 Å². The van der Waals surface area contributed by atoms with E-state index in [0.717, 1.165) is 5.39 Å². The molecule has 160 valence electrons. The lowest BCUT2D eigenvalue weighted by molar-refractivity contribution is -0.137. The molecular weight excluding hydrogens is 400 g/mol. The SMILES string of the molecule is COC(=O)C1=C(C)NC(C)=C(C(=O)OC)C1c1cc(=O)c2oc3ccccc3c2n1C. The summed E-state index contributed by atoms with van der Waals surface area (Å²) in [5, 5.41) is 3.82. The Bertz CT molecular complexity index is 1330. The molecule has 0 radical (unpaired) electrons. The lowest BCUT2D eigenvalue weighted by Gasteiger charge is -2.31. The number of pyridine rings is 1. The number of carbonyl (C=O) groups excluding carboxylic acids is 2. The maximum absolute atomic E-state index is 13.0. The van der Waals surface area contributed by atoms with Crippen LogP contribution >= 0.6 is 0 Å². The van der Waals surface area contributed by atoms with Crippen molar-refractivity contribution >= 4 is 34.0 Å². The van der Waals surface area contributed by atoms with E-state index >= 15 is 0 Å². The van der Waals surface area contributed by atoms with Gasteiger partial charge in [0.15, 0.2) is 5.58 Å². The van der Waals surface area contributed by atoms with E-state index in [1.54, 1.807) is 31.5 Å². The summed E-state index contributed by atoms with van der Waals surface area (Å²) in [5.41, 5.74) is 3.01. The maximum atomic E-state index is 13.0. The third-order valence-corrected chi connectivity index (χ3v) is 5.66. The zero-order chi connectivity index (χ0) is 22.4. The van der Waals surface area contributed by atoms with Crippen LogP contribution in [0.2, 0.25) is 0 Å². The predicted octanol–water partition coefficient (Wildman–Crippen LogP) is 2.87. The molecule has 1 aliphatic heterocycles. The molecule has 0 saturated heterocycles. The molecule has 1 aliphatic rings. The summed E-state index contributed by atoms with van der Waals surface area (Å²) >= 11 is 0. The number of hydrogen-bond acceptors (Lipinski definition) is 7. The Hall–Kier alpha value is -3.81. The highest BCUT2D eigenvalue weighted by atomic mass is 16.5. The zero-order valence-corrected chi connectivity index (χ0v) is 17.9. The molecular formula is C23H22N2O6. The first-order valence-corrected chi connectivity index (χ1v) is 9.66. The van der Waals surface area contributed by atoms with Crippen molar-refractivity contribution in [2.24, 2.45) is 7.05 Å². The molecule has 0 fully saturated rings. The van der Waals surface area contributed by atoms with Crippen molar-refractivity contribution < 1.29 is 23.5 Å². The molecule has 0 unspecified atom stereocenters. The van der Waals surface area contributed by atoms with E-state index in [1.165, 1.54) is 20.3 Å². The van der Waals surface area contributed by atoms with Crippen LogP contribution in [0.3, 0.4) is 0 Å². The van der Waals surface area contributed by atoms with E-state index in [9.17, 15) is 14.4 Å². The number of esters is 2. The monoisotopic (exact) mass is 422 g/mol. The summed E-state index contributed by atoms with van der Waals surface area (Å²) in [6.07, 6.45) is 0. The van der Waals surface area contributed by atoms with Gasteiger partial charge in [-0.25, -0.2) is 9.59 Å². The Balaban J connectivity index is 2.11. The van der Waals surface area contributed by atoms with Crippen LogP contribution in [-0.4, -0.2) is 30.7 Å². The fourth-order valence-electron chi connectivity index (χ4n) is 4.29. The van der Waals surface area contributed by atoms with Gasteiger partial charge >= 0.3 is 11.9 Å². The molecule has 0 spiro atoms. The summed E-state index contributed by atoms with van der Waals surface area (Å²) in [5.74, 6) is -2.07. The van der Waals surface area contributed by atoms with Crippen LogP contribution in [0, 0.1) is 0 Å². The molecule has 0 saturated carbocycles. The van der Waals surface area contributed by atoms with Crippen LogP contribution in [0.1, 0.15) is 25.5 Å². The lowest BCUT2D eigenvalue weighted by Crippen LogP contribution is -2.33. The maximum Gasteiger partial charge on any atom is 0.336 e. The fraction of sp³-hybridized carbons (Fsp3) is 0.261. The molecule has 3 aromatic rings. The first-order valence-electron chi connectivity index (χ1n) is 9.66. The Morgan fingerprint density at radius 1 is 1.03 bits per heavy atom. The number of benzene rings is 1. The largest absolute Gasteiger partial charge is 0.466 e. The van der Waals surface area contributed by atoms with Gasteiger partial charge in [0.1, 0.15) is 5.58 Å². The number of aryl methyl sites for hydroxylation is 1. The summed E-state index contributed by atoms with van der Waals surface area (Å²) in [4.78, 5) is 38.5. The summed E-state index contributed by atoms with van der Waals surface area (Å²) in [6.45, 7) is 3.45. The van der Waals surface area contributed by atoms with Gasteiger partial charge in [0.25, 0.3) is 0 Å². The van der Waals surface area contributed by atoms with E-state index in [2.05, 4.69) is 5.32 Å². The van der Waals surface area contributed by atoms with Crippen LogP contribution < -0.4 is 10.7 Å². The Kier molecular flexibility index (Phi) is 4.93. The molecule has 2 aromatic heterocycles. The van der Waals surface area contributed by atoms with Crippen molar-refractivity contribution in [2.75, 3.05) is 14.2 Å². The quantitative estimate of drug-likeness (QED) is 0.648. The molecule has 4 rings (SSSR count). The van der Waals surface area contributed by atoms with Gasteiger partial charge < -0.3 is 23.8 Å². The van der Waals surface area contributed by atoms with E-state index in [4.69, 9.17) is 13.9 Å². The molecule has 1 aromatic carbocycles. The van der Waals surface area contributed by atoms with Gasteiger partial charge in [-0.05, 0) is 26.0 Å². The van der Waals surface area contributed by atoms with Gasteiger partial charge in [0.2, 0.25) is 5.43 Å². The molecule has 0 aliphatic carbocycles. The molecule has 0 atom stereocenters. The van der Waals surface area contributed by atoms with E-state index in [0.29, 0.717) is 28.2 Å². The minimum absolute atomic E-state index is 0.210. The number of methoxy groups -OCH3 is 2. The first kappa shape index (κ1) is 20.5. The van der Waals surface area contributed by atoms with Crippen LogP contribution in [0.25, 0.3) is 22.1 Å². The summed E-state index contributed by atoms with van der Waals surface area (Å²) in [6, 6.07) is 8.72. The average molecular weight is 422 g/mol. The van der Waals surface area contributed by atoms with Crippen molar-refractivity contribution in [3.63, 3.8) is 0 Å². The number of furan rings is 1. The molecule has 3 heterocycles. The number of ether oxygens (including phenoxy) is 2. The van der Waals surface area contributed by atoms with Crippen LogP contribution in [0.5, 0.6) is 0 Å². The summed E-state index contributed by atoms with van der Waals surface area (Å²) < 4.78 is 17.6. The van der Waals surface area contributed by atoms with Crippen molar-refractivity contribution in [1.29, 1.82) is 0 Å². The van der Waals surface area contributed by atoms with Gasteiger partial charge in [0, 0.05) is 35.6 Å². The molecule has 1 N–H and O–H groups in total. The van der Waals surface area contributed by atoms with Crippen LogP contribution in [0.4, 0.5) is 0 Å². The van der Waals surface area contributed by atoms with Crippen LogP contribution in [-0.2, 0) is 26.1 Å². The smallest absolute Gasteiger partial charge is 0.336 e. The number of fused-ring (bicyclic) bond motifs is 3. The van der Waals surface area contributed by atoms with Gasteiger partial charge in [-0.3, -0.25) is 4.79 Å². The number of nitrogens with zero attached hydrogens (tertiary/aromatic N) is 1. The predicted molar refractivity (Wildman–Crippen MR) is 114 cm³/mol. The van der Waals surface area contributed by atoms with E-state index < -0.39 is 17.9 Å². The van der Waals surface area contributed by atoms with E-state index in [1.807, 2.05) is 18.2 Å². The van der Waals surface area contributed by atoms with E-state index in [-0.39, 0.29) is 22.2 Å². The number of aromatic nitrogens is 1. The van der Waals surface area contributed by atoms with Crippen LogP contribution in [0.15, 0.2) is 62.1 Å². The average Bonchev–Trinajstić information content (AvgIpc) is 3.15. The normalized spacial score (nSPS) is 14.9. The highest BCUT2D eigenvalue weighted by molar-refractivity contribution is 6.03. The highest BCUT2D eigenvalue weighted by Gasteiger charge is 2.39. The van der Waals surface area contributed by atoms with Crippen molar-refractivity contribution in [2.45, 2.75) is 19.8 Å². The third-order valence-electron chi connectivity index (χ3n) is 5.66. The number of nitrogens with one attached hydrogen (secondary N) is 1. The van der Waals surface area contributed by atoms with Gasteiger partial charge in [-0.15, -0.1) is 0 Å². The minimum atomic E-state index is -0.864. The number of dihydropyridines is 1. The second-order valence-electron chi connectivity index (χ2n) is 7.39. The summed E-state index contributed by atoms with van der Waals surface area (Å²) in [7, 11) is 4.32. The first-order chi connectivity index (χ1) is 14.8. The second kappa shape index (κ2) is 7.46. The lowest BCUT2D eigenvalue weighted by atomic mass is 9.82. The molecule has 31 heavy (non-hydrogen) atoms. The fourth-order valence-corrected chi connectivity index (χ4v) is 4.29. The number of rotatable bonds is 3. The number of carbonyl (C=O) groups is 2. The molecule has 0 bridgehead atoms. The van der Waals surface area contributed by atoms with Crippen molar-refractivity contribution in [1.82, 2.24) is 9.88 Å². The molecule has 0 amide bonds. The second-order valence-corrected chi connectivity index (χ2v) is 7.39. The van der Waals surface area contributed by atoms with Crippen molar-refractivity contribution in [3.05, 3.63) is 68.8 Å². The number of hydrogen-bond donors (Lipinski definition) is 1. The zero-order valence-electron chi connectivity index (χ0n) is 17.9. The number of para-hydroxylation sites is 1.